The molecule has 2 aromatic rings. The second-order valence-corrected chi connectivity index (χ2v) is 9.23. The van der Waals surface area contributed by atoms with Gasteiger partial charge in [0.05, 0.1) is 5.69 Å². The topological polar surface area (TPSA) is 65.3 Å². The Bertz CT molecular complexity index is 1000. The number of alkyl halides is 3. The first-order valence-electron chi connectivity index (χ1n) is 9.35. The normalized spacial score (nSPS) is 15.3. The number of hydrogen-bond donors (Lipinski definition) is 1. The molecule has 160 valence electrons. The van der Waals surface area contributed by atoms with Crippen molar-refractivity contribution in [3.05, 3.63) is 42.0 Å². The fourth-order valence-electron chi connectivity index (χ4n) is 3.19. The lowest BCUT2D eigenvalue weighted by Gasteiger charge is -2.30. The number of rotatable bonds is 6. The molecule has 1 aliphatic rings. The molecule has 0 radical (unpaired) electrons. The summed E-state index contributed by atoms with van der Waals surface area (Å²) < 4.78 is 39.2. The highest BCUT2D eigenvalue weighted by molar-refractivity contribution is 8.15. The van der Waals surface area contributed by atoms with Gasteiger partial charge in [-0.15, -0.1) is 5.10 Å². The molecular formula is C21H22F3N3O2S. The van der Waals surface area contributed by atoms with E-state index >= 15 is 0 Å². The molecule has 2 aromatic carbocycles. The van der Waals surface area contributed by atoms with Gasteiger partial charge < -0.3 is 10.0 Å². The van der Waals surface area contributed by atoms with Crippen LogP contribution in [0, 0.1) is 0 Å². The van der Waals surface area contributed by atoms with E-state index in [4.69, 9.17) is 0 Å². The summed E-state index contributed by atoms with van der Waals surface area (Å²) in [5.74, 6) is -0.756. The van der Waals surface area contributed by atoms with Crippen LogP contribution >= 0.6 is 11.8 Å². The standard InChI is InChI=1S/C21H22F3N3O2S/c1-20(2,18(28)29)30-19(26-25-3)27(12-21(22,23)24)17-11-10-14(13-8-9-13)15-6-4-5-7-16(15)17/h4-7,10-11,13H,3,8-9,12H2,1-2H3,(H,28,29)/b26-19+. The van der Waals surface area contributed by atoms with Crippen LogP contribution in [0.15, 0.2) is 46.6 Å². The molecule has 3 rings (SSSR count). The number of hydrogen-bond acceptors (Lipinski definition) is 4. The van der Waals surface area contributed by atoms with E-state index in [9.17, 15) is 23.1 Å². The monoisotopic (exact) mass is 437 g/mol. The lowest BCUT2D eigenvalue weighted by molar-refractivity contribution is -0.138. The van der Waals surface area contributed by atoms with E-state index in [1.54, 1.807) is 18.2 Å². The fraction of sp³-hybridized carbons (Fsp3) is 0.381. The van der Waals surface area contributed by atoms with Gasteiger partial charge in [0.1, 0.15) is 11.3 Å². The van der Waals surface area contributed by atoms with Crippen molar-refractivity contribution in [2.45, 2.75) is 43.5 Å². The molecule has 0 bridgehead atoms. The Labute approximate surface area is 176 Å². The maximum atomic E-state index is 13.5. The van der Waals surface area contributed by atoms with Gasteiger partial charge in [-0.25, -0.2) is 0 Å². The Morgan fingerprint density at radius 1 is 1.20 bits per heavy atom. The highest BCUT2D eigenvalue weighted by atomic mass is 32.2. The molecule has 0 amide bonds. The summed E-state index contributed by atoms with van der Waals surface area (Å²) in [5, 5.41) is 18.0. The maximum Gasteiger partial charge on any atom is 0.406 e. The summed E-state index contributed by atoms with van der Waals surface area (Å²) in [6.45, 7) is 4.72. The van der Waals surface area contributed by atoms with Gasteiger partial charge in [0.15, 0.2) is 5.17 Å². The van der Waals surface area contributed by atoms with Gasteiger partial charge in [-0.1, -0.05) is 42.1 Å². The van der Waals surface area contributed by atoms with E-state index in [2.05, 4.69) is 16.9 Å². The van der Waals surface area contributed by atoms with Crippen LogP contribution in [-0.4, -0.2) is 40.4 Å². The predicted molar refractivity (Wildman–Crippen MR) is 116 cm³/mol. The van der Waals surface area contributed by atoms with Gasteiger partial charge in [-0.3, -0.25) is 4.79 Å². The van der Waals surface area contributed by atoms with Crippen LogP contribution in [0.5, 0.6) is 0 Å². The lowest BCUT2D eigenvalue weighted by Crippen LogP contribution is -2.41. The Morgan fingerprint density at radius 2 is 1.83 bits per heavy atom. The first kappa shape index (κ1) is 22.1. The van der Waals surface area contributed by atoms with Crippen molar-refractivity contribution in [1.29, 1.82) is 0 Å². The van der Waals surface area contributed by atoms with E-state index in [1.807, 2.05) is 18.2 Å². The zero-order chi connectivity index (χ0) is 22.1. The zero-order valence-electron chi connectivity index (χ0n) is 16.6. The molecule has 0 atom stereocenters. The number of amidine groups is 1. The van der Waals surface area contributed by atoms with E-state index in [-0.39, 0.29) is 5.17 Å². The van der Waals surface area contributed by atoms with Crippen LogP contribution in [0.25, 0.3) is 10.8 Å². The van der Waals surface area contributed by atoms with Gasteiger partial charge in [-0.05, 0) is 49.6 Å². The molecule has 1 aliphatic carbocycles. The van der Waals surface area contributed by atoms with E-state index in [0.717, 1.165) is 28.7 Å². The van der Waals surface area contributed by atoms with Gasteiger partial charge in [0.25, 0.3) is 0 Å². The van der Waals surface area contributed by atoms with Crippen LogP contribution in [0.3, 0.4) is 0 Å². The second kappa shape index (κ2) is 8.29. The molecule has 0 spiro atoms. The van der Waals surface area contributed by atoms with Crippen LogP contribution in [-0.2, 0) is 4.79 Å². The molecule has 0 saturated heterocycles. The van der Waals surface area contributed by atoms with Gasteiger partial charge in [0, 0.05) is 12.1 Å². The quantitative estimate of drug-likeness (QED) is 0.360. The first-order chi connectivity index (χ1) is 14.0. The van der Waals surface area contributed by atoms with Crippen LogP contribution in [0.2, 0.25) is 0 Å². The molecule has 0 unspecified atom stereocenters. The highest BCUT2D eigenvalue weighted by Crippen LogP contribution is 2.45. The van der Waals surface area contributed by atoms with Crippen molar-refractivity contribution in [3.8, 4) is 0 Å². The summed E-state index contributed by atoms with van der Waals surface area (Å²) in [5.41, 5.74) is 1.41. The van der Waals surface area contributed by atoms with Crippen molar-refractivity contribution in [1.82, 2.24) is 0 Å². The third-order valence-corrected chi connectivity index (χ3v) is 6.00. The number of halogens is 3. The molecule has 5 nitrogen and oxygen atoms in total. The van der Waals surface area contributed by atoms with Crippen molar-refractivity contribution in [3.63, 3.8) is 0 Å². The summed E-state index contributed by atoms with van der Waals surface area (Å²) in [6, 6.07) is 10.8. The minimum absolute atomic E-state index is 0.181. The Hall–Kier alpha value is -2.55. The third kappa shape index (κ3) is 4.95. The molecular weight excluding hydrogens is 415 g/mol. The SMILES string of the molecule is C=N/N=C(/SC(C)(C)C(=O)O)N(CC(F)(F)F)c1ccc(C2CC2)c2ccccc12. The number of anilines is 1. The molecule has 30 heavy (non-hydrogen) atoms. The summed E-state index contributed by atoms with van der Waals surface area (Å²) in [7, 11) is 0. The summed E-state index contributed by atoms with van der Waals surface area (Å²) in [6.07, 6.45) is -2.43. The third-order valence-electron chi connectivity index (χ3n) is 4.83. The largest absolute Gasteiger partial charge is 0.480 e. The zero-order valence-corrected chi connectivity index (χ0v) is 17.4. The van der Waals surface area contributed by atoms with Crippen LogP contribution in [0.1, 0.15) is 38.2 Å². The maximum absolute atomic E-state index is 13.5. The minimum Gasteiger partial charge on any atom is -0.480 e. The second-order valence-electron chi connectivity index (χ2n) is 7.64. The molecule has 1 saturated carbocycles. The number of nitrogens with zero attached hydrogens (tertiary/aromatic N) is 3. The van der Waals surface area contributed by atoms with Crippen molar-refractivity contribution in [2.75, 3.05) is 11.4 Å². The molecule has 0 aliphatic heterocycles. The number of carbonyl (C=O) groups is 1. The van der Waals surface area contributed by atoms with E-state index in [0.29, 0.717) is 28.8 Å². The van der Waals surface area contributed by atoms with Crippen molar-refractivity contribution in [2.24, 2.45) is 10.2 Å². The minimum atomic E-state index is -4.55. The summed E-state index contributed by atoms with van der Waals surface area (Å²) in [4.78, 5) is 12.6. The molecule has 1 N–H and O–H groups in total. The van der Waals surface area contributed by atoms with Crippen LogP contribution < -0.4 is 4.90 Å². The number of thioether (sulfide) groups is 1. The van der Waals surface area contributed by atoms with Gasteiger partial charge in [-0.2, -0.15) is 18.3 Å². The Morgan fingerprint density at radius 3 is 2.37 bits per heavy atom. The number of aliphatic carboxylic acids is 1. The number of benzene rings is 2. The molecule has 0 heterocycles. The Balaban J connectivity index is 2.16. The van der Waals surface area contributed by atoms with Crippen molar-refractivity contribution >= 4 is 46.1 Å². The fourth-order valence-corrected chi connectivity index (χ4v) is 4.10. The van der Waals surface area contributed by atoms with Crippen LogP contribution in [0.4, 0.5) is 18.9 Å². The summed E-state index contributed by atoms with van der Waals surface area (Å²) >= 11 is 0.697. The predicted octanol–water partition coefficient (Wildman–Crippen LogP) is 5.65. The number of carboxylic acid groups (broad SMARTS) is 1. The first-order valence-corrected chi connectivity index (χ1v) is 10.2. The number of carboxylic acids is 1. The van der Waals surface area contributed by atoms with E-state index in [1.165, 1.54) is 13.8 Å². The average Bonchev–Trinajstić information content (AvgIpc) is 3.49. The van der Waals surface area contributed by atoms with Gasteiger partial charge >= 0.3 is 12.1 Å². The molecule has 0 aromatic heterocycles. The average molecular weight is 437 g/mol. The lowest BCUT2D eigenvalue weighted by atomic mass is 9.99. The number of fused-ring (bicyclic) bond motifs is 1. The molecule has 1 fully saturated rings. The van der Waals surface area contributed by atoms with Gasteiger partial charge in [0.2, 0.25) is 0 Å². The Kier molecular flexibility index (Phi) is 6.12. The molecule has 9 heteroatoms. The highest BCUT2D eigenvalue weighted by Gasteiger charge is 2.38. The smallest absolute Gasteiger partial charge is 0.406 e. The van der Waals surface area contributed by atoms with Crippen molar-refractivity contribution < 1.29 is 23.1 Å². The van der Waals surface area contributed by atoms with E-state index < -0.39 is 23.4 Å².